The largest absolute Gasteiger partial charge is 0.506 e. The minimum absolute atomic E-state index is 0.332. The lowest BCUT2D eigenvalue weighted by atomic mass is 10.2. The highest BCUT2D eigenvalue weighted by Gasteiger charge is 2.18. The highest BCUT2D eigenvalue weighted by molar-refractivity contribution is 7.85. The van der Waals surface area contributed by atoms with E-state index in [1.165, 1.54) is 0 Å². The minimum Gasteiger partial charge on any atom is -0.506 e. The maximum absolute atomic E-state index is 10.6. The maximum atomic E-state index is 10.6. The molecule has 7 nitrogen and oxygen atoms in total. The molecule has 0 unspecified atom stereocenters. The Labute approximate surface area is 95.2 Å². The Balaban J connectivity index is 3.33. The van der Waals surface area contributed by atoms with Crippen LogP contribution in [0, 0.1) is 10.1 Å². The van der Waals surface area contributed by atoms with Gasteiger partial charge in [0, 0.05) is 17.7 Å². The molecular weight excluding hydrogens is 262 g/mol. The van der Waals surface area contributed by atoms with Crippen LogP contribution in [0.1, 0.15) is 5.56 Å². The predicted molar refractivity (Wildman–Crippen MR) is 55.0 cm³/mol. The highest BCUT2D eigenvalue weighted by Crippen LogP contribution is 2.33. The maximum Gasteiger partial charge on any atom is 0.271 e. The van der Waals surface area contributed by atoms with Crippen molar-refractivity contribution in [3.8, 4) is 5.75 Å². The Hall–Kier alpha value is -1.38. The predicted octanol–water partition coefficient (Wildman–Crippen LogP) is 1.34. The number of nitro groups is 1. The average molecular weight is 268 g/mol. The van der Waals surface area contributed by atoms with E-state index in [2.05, 4.69) is 0 Å². The molecular formula is C7H6ClNO6S. The molecule has 2 N–H and O–H groups in total. The molecule has 0 radical (unpaired) electrons. The molecule has 0 heterocycles. The molecule has 0 atom stereocenters. The number of nitro benzene ring substituents is 1. The zero-order chi connectivity index (χ0) is 12.5. The van der Waals surface area contributed by atoms with Gasteiger partial charge in [0.1, 0.15) is 11.5 Å². The van der Waals surface area contributed by atoms with Crippen LogP contribution in [0.25, 0.3) is 0 Å². The number of aromatic hydroxyl groups is 1. The topological polar surface area (TPSA) is 118 Å². The van der Waals surface area contributed by atoms with Crippen molar-refractivity contribution in [1.29, 1.82) is 0 Å². The number of rotatable bonds is 3. The van der Waals surface area contributed by atoms with Gasteiger partial charge in [-0.25, -0.2) is 0 Å². The fourth-order valence-corrected chi connectivity index (χ4v) is 1.90. The van der Waals surface area contributed by atoms with Crippen LogP contribution in [-0.2, 0) is 15.9 Å². The molecule has 0 saturated carbocycles. The van der Waals surface area contributed by atoms with E-state index in [1.54, 1.807) is 0 Å². The van der Waals surface area contributed by atoms with E-state index >= 15 is 0 Å². The van der Waals surface area contributed by atoms with Gasteiger partial charge in [-0.3, -0.25) is 14.7 Å². The van der Waals surface area contributed by atoms with Crippen molar-refractivity contribution in [2.75, 3.05) is 0 Å². The van der Waals surface area contributed by atoms with Crippen LogP contribution in [0.2, 0.25) is 5.02 Å². The van der Waals surface area contributed by atoms with E-state index in [-0.39, 0.29) is 10.6 Å². The summed E-state index contributed by atoms with van der Waals surface area (Å²) in [5, 5.41) is 19.4. The Morgan fingerprint density at radius 2 is 2.00 bits per heavy atom. The summed E-state index contributed by atoms with van der Waals surface area (Å²) in [6.07, 6.45) is 0. The molecule has 0 saturated heterocycles. The zero-order valence-corrected chi connectivity index (χ0v) is 9.20. The second-order valence-corrected chi connectivity index (χ2v) is 4.78. The van der Waals surface area contributed by atoms with Gasteiger partial charge >= 0.3 is 0 Å². The van der Waals surface area contributed by atoms with E-state index in [0.29, 0.717) is 0 Å². The minimum atomic E-state index is -4.40. The number of benzene rings is 1. The number of phenolic OH excluding ortho intramolecular Hbond substituents is 1. The summed E-state index contributed by atoms with van der Waals surface area (Å²) in [7, 11) is -4.40. The summed E-state index contributed by atoms with van der Waals surface area (Å²) in [6.45, 7) is 0. The number of non-ortho nitro benzene ring substituents is 1. The zero-order valence-electron chi connectivity index (χ0n) is 7.62. The molecule has 9 heteroatoms. The standard InChI is InChI=1S/C7H6ClNO6S/c8-6-2-5(9(11)12)1-4(7(6)10)3-16(13,14)15/h1-2,10H,3H2,(H,13,14,15). The summed E-state index contributed by atoms with van der Waals surface area (Å²) in [4.78, 5) is 9.64. The van der Waals surface area contributed by atoms with Gasteiger partial charge in [0.2, 0.25) is 0 Å². The van der Waals surface area contributed by atoms with Crippen LogP contribution >= 0.6 is 11.6 Å². The van der Waals surface area contributed by atoms with Crippen molar-refractivity contribution in [2.24, 2.45) is 0 Å². The molecule has 0 aliphatic rings. The number of halogens is 1. The van der Waals surface area contributed by atoms with E-state index < -0.39 is 32.2 Å². The molecule has 0 aliphatic carbocycles. The molecule has 16 heavy (non-hydrogen) atoms. The number of hydrogen-bond donors (Lipinski definition) is 2. The Kier molecular flexibility index (Phi) is 3.36. The molecule has 1 aromatic rings. The van der Waals surface area contributed by atoms with Crippen LogP contribution in [0.15, 0.2) is 12.1 Å². The first kappa shape index (κ1) is 12.7. The first-order valence-corrected chi connectivity index (χ1v) is 5.80. The third kappa shape index (κ3) is 3.05. The quantitative estimate of drug-likeness (QED) is 0.485. The molecule has 0 fully saturated rings. The van der Waals surface area contributed by atoms with E-state index in [0.717, 1.165) is 12.1 Å². The molecule has 0 spiro atoms. The molecule has 0 aliphatic heterocycles. The third-order valence-electron chi connectivity index (χ3n) is 1.68. The van der Waals surface area contributed by atoms with Crippen molar-refractivity contribution in [2.45, 2.75) is 5.75 Å². The van der Waals surface area contributed by atoms with E-state index in [9.17, 15) is 23.6 Å². The van der Waals surface area contributed by atoms with Gasteiger partial charge in [-0.1, -0.05) is 11.6 Å². The molecule has 1 aromatic carbocycles. The summed E-state index contributed by atoms with van der Waals surface area (Å²) in [5.41, 5.74) is -0.803. The van der Waals surface area contributed by atoms with Gasteiger partial charge in [0.15, 0.2) is 0 Å². The Morgan fingerprint density at radius 1 is 1.44 bits per heavy atom. The second-order valence-electron chi connectivity index (χ2n) is 2.92. The van der Waals surface area contributed by atoms with Crippen LogP contribution in [0.3, 0.4) is 0 Å². The molecule has 1 rings (SSSR count). The van der Waals surface area contributed by atoms with Gasteiger partial charge in [-0.05, 0) is 0 Å². The van der Waals surface area contributed by atoms with Crippen molar-refractivity contribution in [3.63, 3.8) is 0 Å². The lowest BCUT2D eigenvalue weighted by molar-refractivity contribution is -0.384. The van der Waals surface area contributed by atoms with Crippen molar-refractivity contribution in [1.82, 2.24) is 0 Å². The number of hydrogen-bond acceptors (Lipinski definition) is 5. The molecule has 0 bridgehead atoms. The fraction of sp³-hybridized carbons (Fsp3) is 0.143. The van der Waals surface area contributed by atoms with Gasteiger partial charge in [0.05, 0.1) is 9.95 Å². The highest BCUT2D eigenvalue weighted by atomic mass is 35.5. The van der Waals surface area contributed by atoms with Crippen LogP contribution < -0.4 is 0 Å². The number of nitrogens with zero attached hydrogens (tertiary/aromatic N) is 1. The average Bonchev–Trinajstić information content (AvgIpc) is 2.10. The first-order valence-electron chi connectivity index (χ1n) is 3.81. The second kappa shape index (κ2) is 4.24. The smallest absolute Gasteiger partial charge is 0.271 e. The van der Waals surface area contributed by atoms with E-state index in [4.69, 9.17) is 16.2 Å². The Bertz CT molecular complexity index is 540. The molecule has 88 valence electrons. The molecule has 0 aromatic heterocycles. The van der Waals surface area contributed by atoms with Crippen LogP contribution in [0.4, 0.5) is 5.69 Å². The molecule has 0 amide bonds. The van der Waals surface area contributed by atoms with Crippen LogP contribution in [-0.4, -0.2) is 23.0 Å². The fourth-order valence-electron chi connectivity index (χ4n) is 1.05. The van der Waals surface area contributed by atoms with E-state index in [1.807, 2.05) is 0 Å². The first-order chi connectivity index (χ1) is 7.20. The third-order valence-corrected chi connectivity index (χ3v) is 2.64. The van der Waals surface area contributed by atoms with Gasteiger partial charge in [-0.15, -0.1) is 0 Å². The monoisotopic (exact) mass is 267 g/mol. The van der Waals surface area contributed by atoms with Gasteiger partial charge in [-0.2, -0.15) is 8.42 Å². The summed E-state index contributed by atoms with van der Waals surface area (Å²) in [6, 6.07) is 1.71. The van der Waals surface area contributed by atoms with Crippen molar-refractivity contribution in [3.05, 3.63) is 32.8 Å². The van der Waals surface area contributed by atoms with Crippen molar-refractivity contribution >= 4 is 27.4 Å². The summed E-state index contributed by atoms with van der Waals surface area (Å²) < 4.78 is 29.7. The number of phenols is 1. The lowest BCUT2D eigenvalue weighted by Gasteiger charge is -2.04. The Morgan fingerprint density at radius 3 is 2.44 bits per heavy atom. The van der Waals surface area contributed by atoms with Crippen molar-refractivity contribution < 1.29 is 23.0 Å². The van der Waals surface area contributed by atoms with Crippen LogP contribution in [0.5, 0.6) is 5.75 Å². The lowest BCUT2D eigenvalue weighted by Crippen LogP contribution is -2.02. The summed E-state index contributed by atoms with van der Waals surface area (Å²) in [5.74, 6) is -1.55. The normalized spacial score (nSPS) is 11.4. The summed E-state index contributed by atoms with van der Waals surface area (Å²) >= 11 is 5.46. The van der Waals surface area contributed by atoms with Gasteiger partial charge < -0.3 is 5.11 Å². The SMILES string of the molecule is O=[N+]([O-])c1cc(Cl)c(O)c(CS(=O)(=O)O)c1. The van der Waals surface area contributed by atoms with Gasteiger partial charge in [0.25, 0.3) is 15.8 Å².